The van der Waals surface area contributed by atoms with Crippen molar-refractivity contribution < 1.29 is 24.0 Å². The first kappa shape index (κ1) is 37.1. The van der Waals surface area contributed by atoms with Crippen LogP contribution in [0.3, 0.4) is 0 Å². The Bertz CT molecular complexity index is 2200. The predicted molar refractivity (Wildman–Crippen MR) is 216 cm³/mol. The van der Waals surface area contributed by atoms with E-state index < -0.39 is 23.8 Å². The Hall–Kier alpha value is -5.45. The number of piperazine rings is 1. The summed E-state index contributed by atoms with van der Waals surface area (Å²) in [5, 5.41) is 2.74. The first-order chi connectivity index (χ1) is 27.6. The molecule has 13 nitrogen and oxygen atoms in total. The number of piperidine rings is 1. The summed E-state index contributed by atoms with van der Waals surface area (Å²) in [4.78, 5) is 80.8. The number of carbonyl (C=O) groups excluding carboxylic acids is 5. The van der Waals surface area contributed by atoms with Gasteiger partial charge in [-0.1, -0.05) is 23.7 Å². The average Bonchev–Trinajstić information content (AvgIpc) is 4.02. The number of hydrogen-bond donors (Lipinski definition) is 1. The molecule has 1 spiro atoms. The molecule has 0 aliphatic carbocycles. The highest BCUT2D eigenvalue weighted by atomic mass is 35.5. The maximum absolute atomic E-state index is 13.7. The van der Waals surface area contributed by atoms with Crippen LogP contribution in [0, 0.1) is 17.9 Å². The minimum absolute atomic E-state index is 0.0688. The zero-order valence-corrected chi connectivity index (χ0v) is 32.5. The van der Waals surface area contributed by atoms with E-state index in [1.165, 1.54) is 0 Å². The third kappa shape index (κ3) is 6.89. The molecule has 9 rings (SSSR count). The number of hydrogen-bond acceptors (Lipinski definition) is 9. The minimum atomic E-state index is -0.981. The molecule has 6 heterocycles. The van der Waals surface area contributed by atoms with Crippen LogP contribution in [0.5, 0.6) is 0 Å². The van der Waals surface area contributed by atoms with Gasteiger partial charge in [0.2, 0.25) is 17.5 Å². The molecule has 0 radical (unpaired) electrons. The Morgan fingerprint density at radius 3 is 2.35 bits per heavy atom. The second-order valence-electron chi connectivity index (χ2n) is 16.5. The summed E-state index contributed by atoms with van der Waals surface area (Å²) in [5.41, 5.74) is 4.80. The standard InChI is InChI=1S/C43H45ClN8O5/c1-45-34-10-9-31(23-33(34)44)50-17-14-43(26-50)15-18-51(27-43)40(55)29-5-7-30(8-6-29)48-21-19-47(20-22-48)24-28-13-16-49(25-28)35-4-2-3-32-38(35)42(57)52(41(32)56)36-11-12-37(53)46-39(36)54/h2-10,23,28,36H,11-22,24-27H2,(H,46,53,54)/t28-,36?,43?/m0/s1. The molecular formula is C43H45ClN8O5. The number of fused-ring (bicyclic) bond motifs is 1. The summed E-state index contributed by atoms with van der Waals surface area (Å²) in [7, 11) is 0. The van der Waals surface area contributed by atoms with Crippen LogP contribution in [-0.4, -0.2) is 122 Å². The molecule has 6 aliphatic heterocycles. The number of carbonyl (C=O) groups is 5. The second-order valence-corrected chi connectivity index (χ2v) is 16.9. The number of halogens is 1. The first-order valence-electron chi connectivity index (χ1n) is 20.0. The van der Waals surface area contributed by atoms with Crippen LogP contribution < -0.4 is 20.0 Å². The lowest BCUT2D eigenvalue weighted by atomic mass is 9.86. The van der Waals surface area contributed by atoms with Crippen molar-refractivity contribution in [3.8, 4) is 0 Å². The third-order valence-corrected chi connectivity index (χ3v) is 13.3. The van der Waals surface area contributed by atoms with E-state index in [0.29, 0.717) is 27.8 Å². The van der Waals surface area contributed by atoms with Gasteiger partial charge in [-0.3, -0.25) is 39.1 Å². The van der Waals surface area contributed by atoms with E-state index in [9.17, 15) is 24.0 Å². The van der Waals surface area contributed by atoms with E-state index in [4.69, 9.17) is 18.2 Å². The number of nitrogens with one attached hydrogen (secondary N) is 1. The molecule has 3 atom stereocenters. The van der Waals surface area contributed by atoms with Gasteiger partial charge in [0.05, 0.1) is 23.4 Å². The van der Waals surface area contributed by atoms with Crippen molar-refractivity contribution in [3.63, 3.8) is 0 Å². The third-order valence-electron chi connectivity index (χ3n) is 13.0. The highest BCUT2D eigenvalue weighted by Gasteiger charge is 2.47. The van der Waals surface area contributed by atoms with Crippen LogP contribution in [-0.2, 0) is 9.59 Å². The molecule has 1 N–H and O–H groups in total. The summed E-state index contributed by atoms with van der Waals surface area (Å²) < 4.78 is 0. The molecule has 5 amide bonds. The Labute approximate surface area is 336 Å². The van der Waals surface area contributed by atoms with E-state index in [1.54, 1.807) is 18.2 Å². The van der Waals surface area contributed by atoms with Gasteiger partial charge in [0, 0.05) is 106 Å². The Morgan fingerprint density at radius 1 is 0.825 bits per heavy atom. The van der Waals surface area contributed by atoms with Crippen LogP contribution >= 0.6 is 11.6 Å². The number of likely N-dealkylation sites (tertiary alicyclic amines) is 1. The summed E-state index contributed by atoms with van der Waals surface area (Å²) in [6.45, 7) is 16.7. The quantitative estimate of drug-likeness (QED) is 0.269. The van der Waals surface area contributed by atoms with Crippen LogP contribution in [0.15, 0.2) is 60.7 Å². The molecule has 0 bridgehead atoms. The molecule has 3 aromatic rings. The van der Waals surface area contributed by atoms with Crippen LogP contribution in [0.4, 0.5) is 22.7 Å². The first-order valence-corrected chi connectivity index (χ1v) is 20.4. The van der Waals surface area contributed by atoms with E-state index in [-0.39, 0.29) is 30.1 Å². The van der Waals surface area contributed by atoms with E-state index >= 15 is 0 Å². The predicted octanol–water partition coefficient (Wildman–Crippen LogP) is 4.68. The maximum Gasteiger partial charge on any atom is 0.264 e. The van der Waals surface area contributed by atoms with Gasteiger partial charge in [-0.25, -0.2) is 4.85 Å². The van der Waals surface area contributed by atoms with Crippen molar-refractivity contribution in [2.75, 3.05) is 86.7 Å². The lowest BCUT2D eigenvalue weighted by molar-refractivity contribution is -0.136. The van der Waals surface area contributed by atoms with Crippen molar-refractivity contribution >= 4 is 63.9 Å². The van der Waals surface area contributed by atoms with Crippen molar-refractivity contribution in [3.05, 3.63) is 93.8 Å². The molecule has 294 valence electrons. The fourth-order valence-electron chi connectivity index (χ4n) is 9.89. The van der Waals surface area contributed by atoms with E-state index in [1.807, 2.05) is 35.2 Å². The average molecular weight is 789 g/mol. The van der Waals surface area contributed by atoms with Gasteiger partial charge in [-0.05, 0) is 80.1 Å². The Morgan fingerprint density at radius 2 is 1.60 bits per heavy atom. The normalized spacial score (nSPS) is 25.2. The lowest BCUT2D eigenvalue weighted by Gasteiger charge is -2.37. The second kappa shape index (κ2) is 14.8. The molecule has 0 saturated carbocycles. The number of amides is 5. The van der Waals surface area contributed by atoms with Crippen molar-refractivity contribution in [2.45, 2.75) is 38.1 Å². The zero-order valence-electron chi connectivity index (χ0n) is 31.8. The SMILES string of the molecule is [C-]#[N+]c1ccc(N2CCC3(CCN(C(=O)c4ccc(N5CCN(C[C@@H]6CCN(c7cccc8c7C(=O)N(C7CCC(=O)NC7=O)C8=O)C6)CC5)cc4)C3)C2)cc1Cl. The highest BCUT2D eigenvalue weighted by molar-refractivity contribution is 6.33. The fraction of sp³-hybridized carbons (Fsp3) is 0.442. The summed E-state index contributed by atoms with van der Waals surface area (Å²) in [6, 6.07) is 18.1. The summed E-state index contributed by atoms with van der Waals surface area (Å²) in [5.74, 6) is -1.45. The molecule has 5 fully saturated rings. The van der Waals surface area contributed by atoms with E-state index in [0.717, 1.165) is 119 Å². The maximum atomic E-state index is 13.7. The Kier molecular flexibility index (Phi) is 9.65. The highest BCUT2D eigenvalue weighted by Crippen LogP contribution is 2.43. The smallest absolute Gasteiger partial charge is 0.264 e. The number of benzene rings is 3. The molecule has 3 aromatic carbocycles. The topological polar surface area (TPSA) is 121 Å². The number of rotatable bonds is 7. The Balaban J connectivity index is 0.756. The lowest BCUT2D eigenvalue weighted by Crippen LogP contribution is -2.54. The molecule has 2 unspecified atom stereocenters. The molecule has 0 aromatic heterocycles. The monoisotopic (exact) mass is 788 g/mol. The number of anilines is 3. The van der Waals surface area contributed by atoms with Gasteiger partial charge in [0.25, 0.3) is 17.7 Å². The van der Waals surface area contributed by atoms with Gasteiger partial charge in [-0.15, -0.1) is 0 Å². The minimum Gasteiger partial charge on any atom is -0.371 e. The number of nitrogens with zero attached hydrogens (tertiary/aromatic N) is 7. The van der Waals surface area contributed by atoms with E-state index in [2.05, 4.69) is 41.9 Å². The number of imide groups is 2. The van der Waals surface area contributed by atoms with Crippen molar-refractivity contribution in [1.29, 1.82) is 0 Å². The zero-order chi connectivity index (χ0) is 39.4. The fourth-order valence-corrected chi connectivity index (χ4v) is 10.1. The van der Waals surface area contributed by atoms with Gasteiger partial charge in [0.1, 0.15) is 6.04 Å². The van der Waals surface area contributed by atoms with Crippen LogP contribution in [0.25, 0.3) is 4.85 Å². The van der Waals surface area contributed by atoms with Crippen molar-refractivity contribution in [2.24, 2.45) is 11.3 Å². The summed E-state index contributed by atoms with van der Waals surface area (Å²) in [6.07, 6.45) is 3.20. The van der Waals surface area contributed by atoms with Crippen LogP contribution in [0.1, 0.15) is 63.2 Å². The molecule has 6 aliphatic rings. The summed E-state index contributed by atoms with van der Waals surface area (Å²) >= 11 is 6.33. The molecule has 14 heteroatoms. The molecular weight excluding hydrogens is 744 g/mol. The molecule has 5 saturated heterocycles. The van der Waals surface area contributed by atoms with Gasteiger partial charge >= 0.3 is 0 Å². The van der Waals surface area contributed by atoms with Gasteiger partial charge in [-0.2, -0.15) is 0 Å². The van der Waals surface area contributed by atoms with Gasteiger partial charge in [0.15, 0.2) is 0 Å². The molecule has 57 heavy (non-hydrogen) atoms. The van der Waals surface area contributed by atoms with Crippen molar-refractivity contribution in [1.82, 2.24) is 20.0 Å². The van der Waals surface area contributed by atoms with Crippen LogP contribution in [0.2, 0.25) is 5.02 Å². The van der Waals surface area contributed by atoms with Gasteiger partial charge < -0.3 is 19.6 Å². The largest absolute Gasteiger partial charge is 0.371 e.